The van der Waals surface area contributed by atoms with Crippen molar-refractivity contribution < 1.29 is 15.0 Å². The highest BCUT2D eigenvalue weighted by molar-refractivity contribution is 6.17. The molecule has 0 amide bonds. The predicted molar refractivity (Wildman–Crippen MR) is 48.6 cm³/mol. The molecule has 0 unspecified atom stereocenters. The van der Waals surface area contributed by atoms with Gasteiger partial charge in [0.05, 0.1) is 0 Å². The van der Waals surface area contributed by atoms with Crippen LogP contribution in [0.3, 0.4) is 0 Å². The van der Waals surface area contributed by atoms with E-state index in [1.807, 2.05) is 0 Å². The van der Waals surface area contributed by atoms with Crippen LogP contribution in [0.2, 0.25) is 0 Å². The summed E-state index contributed by atoms with van der Waals surface area (Å²) < 4.78 is 0. The van der Waals surface area contributed by atoms with Gasteiger partial charge in [-0.05, 0) is 11.1 Å². The number of rotatable bonds is 3. The van der Waals surface area contributed by atoms with Gasteiger partial charge in [0.1, 0.15) is 0 Å². The topological polar surface area (TPSA) is 57.5 Å². The highest BCUT2D eigenvalue weighted by Gasteiger charge is 2.18. The number of aliphatic hydroxyl groups excluding tert-OH is 1. The molecule has 0 heterocycles. The van der Waals surface area contributed by atoms with E-state index < -0.39 is 12.1 Å². The van der Waals surface area contributed by atoms with Gasteiger partial charge < -0.3 is 10.2 Å². The number of carboxylic acids is 1. The van der Waals surface area contributed by atoms with E-state index >= 15 is 0 Å². The average molecular weight is 201 g/mol. The molecule has 0 aliphatic heterocycles. The molecule has 0 radical (unpaired) electrons. The van der Waals surface area contributed by atoms with E-state index in [0.717, 1.165) is 0 Å². The van der Waals surface area contributed by atoms with Crippen molar-refractivity contribution in [1.29, 1.82) is 0 Å². The molecule has 1 aromatic rings. The zero-order valence-electron chi connectivity index (χ0n) is 6.77. The molecular formula is C9H9ClO3. The van der Waals surface area contributed by atoms with Crippen LogP contribution in [0.1, 0.15) is 17.2 Å². The zero-order chi connectivity index (χ0) is 9.84. The standard InChI is InChI=1S/C9H9ClO3/c10-5-6-3-1-2-4-7(6)8(11)9(12)13/h1-4,8,11H,5H2,(H,12,13)/t8-/m1/s1. The Morgan fingerprint density at radius 1 is 1.46 bits per heavy atom. The van der Waals surface area contributed by atoms with Crippen molar-refractivity contribution in [2.24, 2.45) is 0 Å². The van der Waals surface area contributed by atoms with Crippen LogP contribution in [0.4, 0.5) is 0 Å². The van der Waals surface area contributed by atoms with Gasteiger partial charge >= 0.3 is 5.97 Å². The summed E-state index contributed by atoms with van der Waals surface area (Å²) in [6, 6.07) is 6.65. The quantitative estimate of drug-likeness (QED) is 0.728. The van der Waals surface area contributed by atoms with E-state index in [1.54, 1.807) is 24.3 Å². The molecule has 1 rings (SSSR count). The van der Waals surface area contributed by atoms with E-state index in [4.69, 9.17) is 16.7 Å². The molecule has 2 N–H and O–H groups in total. The Labute approximate surface area is 80.6 Å². The summed E-state index contributed by atoms with van der Waals surface area (Å²) >= 11 is 5.58. The number of halogens is 1. The van der Waals surface area contributed by atoms with Crippen LogP contribution >= 0.6 is 11.6 Å². The van der Waals surface area contributed by atoms with Gasteiger partial charge in [0.2, 0.25) is 0 Å². The van der Waals surface area contributed by atoms with Gasteiger partial charge in [-0.3, -0.25) is 0 Å². The van der Waals surface area contributed by atoms with Gasteiger partial charge in [-0.1, -0.05) is 24.3 Å². The third-order valence-corrected chi connectivity index (χ3v) is 2.02. The fourth-order valence-electron chi connectivity index (χ4n) is 1.06. The maximum absolute atomic E-state index is 10.5. The molecule has 0 aromatic heterocycles. The molecule has 0 saturated carbocycles. The summed E-state index contributed by atoms with van der Waals surface area (Å²) in [5, 5.41) is 17.8. The molecule has 1 aromatic carbocycles. The summed E-state index contributed by atoms with van der Waals surface area (Å²) in [7, 11) is 0. The molecule has 13 heavy (non-hydrogen) atoms. The van der Waals surface area contributed by atoms with Crippen molar-refractivity contribution >= 4 is 17.6 Å². The molecule has 0 spiro atoms. The highest BCUT2D eigenvalue weighted by atomic mass is 35.5. The SMILES string of the molecule is O=C(O)[C@H](O)c1ccccc1CCl. The smallest absolute Gasteiger partial charge is 0.337 e. The Bertz CT molecular complexity index is 311. The van der Waals surface area contributed by atoms with E-state index in [2.05, 4.69) is 0 Å². The second kappa shape index (κ2) is 4.25. The fourth-order valence-corrected chi connectivity index (χ4v) is 1.30. The van der Waals surface area contributed by atoms with Crippen LogP contribution in [0.5, 0.6) is 0 Å². The zero-order valence-corrected chi connectivity index (χ0v) is 7.53. The Hall–Kier alpha value is -1.06. The summed E-state index contributed by atoms with van der Waals surface area (Å²) in [5.74, 6) is -1.07. The van der Waals surface area contributed by atoms with Gasteiger partial charge in [0.25, 0.3) is 0 Å². The predicted octanol–water partition coefficient (Wildman–Crippen LogP) is 1.54. The van der Waals surface area contributed by atoms with Gasteiger partial charge in [-0.25, -0.2) is 4.79 Å². The first-order chi connectivity index (χ1) is 6.16. The van der Waals surface area contributed by atoms with Crippen LogP contribution < -0.4 is 0 Å². The number of aliphatic carboxylic acids is 1. The Morgan fingerprint density at radius 2 is 2.08 bits per heavy atom. The van der Waals surface area contributed by atoms with Crippen molar-refractivity contribution in [3.05, 3.63) is 35.4 Å². The van der Waals surface area contributed by atoms with E-state index in [-0.39, 0.29) is 5.88 Å². The number of hydrogen-bond donors (Lipinski definition) is 2. The van der Waals surface area contributed by atoms with E-state index in [1.165, 1.54) is 0 Å². The lowest BCUT2D eigenvalue weighted by Gasteiger charge is -2.09. The molecule has 4 heteroatoms. The average Bonchev–Trinajstić information content (AvgIpc) is 2.16. The molecule has 0 aliphatic rings. The lowest BCUT2D eigenvalue weighted by molar-refractivity contribution is -0.147. The van der Waals surface area contributed by atoms with Gasteiger partial charge in [0.15, 0.2) is 6.10 Å². The summed E-state index contributed by atoms with van der Waals surface area (Å²) in [6.07, 6.45) is -1.49. The van der Waals surface area contributed by atoms with Crippen LogP contribution in [0, 0.1) is 0 Å². The van der Waals surface area contributed by atoms with Crippen molar-refractivity contribution in [3.63, 3.8) is 0 Å². The second-order valence-corrected chi connectivity index (χ2v) is 2.84. The van der Waals surface area contributed by atoms with Gasteiger partial charge in [0, 0.05) is 5.88 Å². The minimum atomic E-state index is -1.49. The van der Waals surface area contributed by atoms with Crippen molar-refractivity contribution in [2.75, 3.05) is 0 Å². The number of alkyl halides is 1. The van der Waals surface area contributed by atoms with Gasteiger partial charge in [-0.15, -0.1) is 11.6 Å². The minimum absolute atomic E-state index is 0.195. The molecule has 0 aliphatic carbocycles. The molecular weight excluding hydrogens is 192 g/mol. The Morgan fingerprint density at radius 3 is 2.62 bits per heavy atom. The first kappa shape index (κ1) is 10.0. The fraction of sp³-hybridized carbons (Fsp3) is 0.222. The third kappa shape index (κ3) is 2.20. The summed E-state index contributed by atoms with van der Waals surface area (Å²) in [4.78, 5) is 10.5. The van der Waals surface area contributed by atoms with E-state index in [9.17, 15) is 9.90 Å². The van der Waals surface area contributed by atoms with Crippen LogP contribution in [0.25, 0.3) is 0 Å². The molecule has 3 nitrogen and oxygen atoms in total. The number of hydrogen-bond acceptors (Lipinski definition) is 2. The molecule has 0 bridgehead atoms. The van der Waals surface area contributed by atoms with Crippen molar-refractivity contribution in [3.8, 4) is 0 Å². The number of carbonyl (C=O) groups is 1. The monoisotopic (exact) mass is 200 g/mol. The lowest BCUT2D eigenvalue weighted by Crippen LogP contribution is -2.12. The van der Waals surface area contributed by atoms with Crippen LogP contribution in [-0.2, 0) is 10.7 Å². The molecule has 0 fully saturated rings. The Balaban J connectivity index is 3.05. The number of benzene rings is 1. The minimum Gasteiger partial charge on any atom is -0.479 e. The molecule has 0 saturated heterocycles. The summed E-state index contributed by atoms with van der Waals surface area (Å²) in [5.41, 5.74) is 0.990. The van der Waals surface area contributed by atoms with Crippen molar-refractivity contribution in [2.45, 2.75) is 12.0 Å². The maximum atomic E-state index is 10.5. The van der Waals surface area contributed by atoms with Crippen molar-refractivity contribution in [1.82, 2.24) is 0 Å². The first-order valence-electron chi connectivity index (χ1n) is 3.71. The largest absolute Gasteiger partial charge is 0.479 e. The van der Waals surface area contributed by atoms with Crippen LogP contribution in [0.15, 0.2) is 24.3 Å². The number of aliphatic hydroxyl groups is 1. The van der Waals surface area contributed by atoms with E-state index in [0.29, 0.717) is 11.1 Å². The van der Waals surface area contributed by atoms with Gasteiger partial charge in [-0.2, -0.15) is 0 Å². The Kier molecular flexibility index (Phi) is 3.28. The molecule has 1 atom stereocenters. The lowest BCUT2D eigenvalue weighted by atomic mass is 10.0. The second-order valence-electron chi connectivity index (χ2n) is 2.57. The highest BCUT2D eigenvalue weighted by Crippen LogP contribution is 2.19. The normalized spacial score (nSPS) is 12.5. The van der Waals surface area contributed by atoms with Crippen LogP contribution in [-0.4, -0.2) is 16.2 Å². The third-order valence-electron chi connectivity index (χ3n) is 1.73. The summed E-state index contributed by atoms with van der Waals surface area (Å²) in [6.45, 7) is 0. The first-order valence-corrected chi connectivity index (χ1v) is 4.25. The molecule has 70 valence electrons. The maximum Gasteiger partial charge on any atom is 0.337 e. The number of carboxylic acid groups (broad SMARTS) is 1.